The molecule has 0 saturated carbocycles. The maximum absolute atomic E-state index is 12.7. The van der Waals surface area contributed by atoms with Crippen LogP contribution in [0.4, 0.5) is 0 Å². The molecule has 7 nitrogen and oxygen atoms in total. The van der Waals surface area contributed by atoms with Gasteiger partial charge in [0.1, 0.15) is 0 Å². The Kier molecular flexibility index (Phi) is 9.76. The molecule has 1 saturated heterocycles. The molecule has 5 aromatic rings. The molecular weight excluding hydrogens is 582 g/mol. The van der Waals surface area contributed by atoms with Crippen molar-refractivity contribution < 1.29 is 19.4 Å². The summed E-state index contributed by atoms with van der Waals surface area (Å²) in [7, 11) is 1.99. The maximum Gasteiger partial charge on any atom is 0.251 e. The number of amides is 1. The molecule has 1 fully saturated rings. The highest BCUT2D eigenvalue weighted by Crippen LogP contribution is 2.43. The smallest absolute Gasteiger partial charge is 0.251 e. The summed E-state index contributed by atoms with van der Waals surface area (Å²) >= 11 is 1.68. The van der Waals surface area contributed by atoms with Gasteiger partial charge in [0.05, 0.1) is 18.8 Å². The second-order valence-electron chi connectivity index (χ2n) is 11.3. The quantitative estimate of drug-likeness (QED) is 0.162. The number of carbonyl (C=O) groups is 1. The van der Waals surface area contributed by atoms with Crippen LogP contribution in [-0.4, -0.2) is 32.4 Å². The van der Waals surface area contributed by atoms with Gasteiger partial charge in [-0.05, 0) is 39.9 Å². The van der Waals surface area contributed by atoms with Crippen molar-refractivity contribution in [3.05, 3.63) is 143 Å². The summed E-state index contributed by atoms with van der Waals surface area (Å²) < 4.78 is 15.3. The number of hydrogen-bond acceptors (Lipinski definition) is 6. The number of benzene rings is 4. The summed E-state index contributed by atoms with van der Waals surface area (Å²) in [6, 6.07) is 33.6. The van der Waals surface area contributed by atoms with Crippen molar-refractivity contribution in [3.8, 4) is 11.1 Å². The van der Waals surface area contributed by atoms with E-state index in [0.717, 1.165) is 44.3 Å². The molecule has 0 bridgehead atoms. The monoisotopic (exact) mass is 619 g/mol. The van der Waals surface area contributed by atoms with E-state index in [0.29, 0.717) is 12.1 Å². The lowest BCUT2D eigenvalue weighted by molar-refractivity contribution is -0.268. The zero-order chi connectivity index (χ0) is 31.2. The number of carbonyl (C=O) groups excluding carboxylic acids is 1. The predicted octanol–water partition coefficient (Wildman–Crippen LogP) is 7.09. The summed E-state index contributed by atoms with van der Waals surface area (Å²) in [4.78, 5) is 17.1. The summed E-state index contributed by atoms with van der Waals surface area (Å²) in [6.45, 7) is 2.59. The lowest BCUT2D eigenvalue weighted by Gasteiger charge is -2.41. The van der Waals surface area contributed by atoms with E-state index < -0.39 is 6.29 Å². The van der Waals surface area contributed by atoms with Gasteiger partial charge in [-0.3, -0.25) is 4.79 Å². The second kappa shape index (κ2) is 14.3. The van der Waals surface area contributed by atoms with Gasteiger partial charge in [0.15, 0.2) is 11.4 Å². The summed E-state index contributed by atoms with van der Waals surface area (Å²) in [5.74, 6) is 0.723. The Hall–Kier alpha value is -4.21. The normalized spacial score (nSPS) is 19.7. The van der Waals surface area contributed by atoms with Crippen LogP contribution in [0.1, 0.15) is 51.9 Å². The number of imidazole rings is 1. The van der Waals surface area contributed by atoms with Crippen LogP contribution in [-0.2, 0) is 29.7 Å². The Balaban J connectivity index is 1.21. The van der Waals surface area contributed by atoms with Gasteiger partial charge in [-0.25, -0.2) is 4.98 Å². The van der Waals surface area contributed by atoms with Crippen molar-refractivity contribution in [3.63, 3.8) is 0 Å². The minimum atomic E-state index is -0.551. The fourth-order valence-corrected chi connectivity index (χ4v) is 6.70. The van der Waals surface area contributed by atoms with E-state index in [9.17, 15) is 9.90 Å². The van der Waals surface area contributed by atoms with E-state index >= 15 is 0 Å². The predicted molar refractivity (Wildman–Crippen MR) is 176 cm³/mol. The number of aliphatic hydroxyl groups is 1. The van der Waals surface area contributed by atoms with Gasteiger partial charge < -0.3 is 24.5 Å². The molecule has 230 valence electrons. The third-order valence-corrected chi connectivity index (χ3v) is 9.41. The molecule has 0 radical (unpaired) electrons. The zero-order valence-corrected chi connectivity index (χ0v) is 26.2. The molecule has 4 atom stereocenters. The molecule has 8 heteroatoms. The average Bonchev–Trinajstić information content (AvgIpc) is 3.51. The Bertz CT molecular complexity index is 1710. The largest absolute Gasteiger partial charge is 0.392 e. The van der Waals surface area contributed by atoms with Crippen molar-refractivity contribution in [2.24, 2.45) is 13.0 Å². The van der Waals surface area contributed by atoms with E-state index in [1.165, 1.54) is 0 Å². The summed E-state index contributed by atoms with van der Waals surface area (Å²) in [6.07, 6.45) is 2.94. The molecular formula is C37H37N3O4S. The standard InChI is InChI=1S/C37H37N3O4S/c1-25-33(24-45-37-38-20-21-40(37)2)43-36(44-34(25)28-14-12-26(23-41)13-15-28)30-18-16-27(17-19-30)32-11-7-6-10-31(32)22-39-35(42)29-8-4-3-5-9-29/h3-21,25,33-34,36,41H,22-24H2,1-2H3,(H,39,42)/t25-,33+,34+,36+/m1/s1. The Morgan fingerprint density at radius 2 is 1.62 bits per heavy atom. The highest BCUT2D eigenvalue weighted by atomic mass is 32.2. The molecule has 0 spiro atoms. The van der Waals surface area contributed by atoms with Crippen LogP contribution >= 0.6 is 11.8 Å². The van der Waals surface area contributed by atoms with Crippen LogP contribution in [0.3, 0.4) is 0 Å². The zero-order valence-electron chi connectivity index (χ0n) is 25.4. The van der Waals surface area contributed by atoms with E-state index in [-0.39, 0.29) is 30.6 Å². The van der Waals surface area contributed by atoms with Gasteiger partial charge in [0.2, 0.25) is 0 Å². The number of aromatic nitrogens is 2. The third-order valence-electron chi connectivity index (χ3n) is 8.26. The molecule has 4 aromatic carbocycles. The van der Waals surface area contributed by atoms with E-state index in [1.54, 1.807) is 11.8 Å². The van der Waals surface area contributed by atoms with Gasteiger partial charge in [-0.15, -0.1) is 0 Å². The second-order valence-corrected chi connectivity index (χ2v) is 12.3. The number of aryl methyl sites for hydroxylation is 1. The number of ether oxygens (including phenoxy) is 2. The highest BCUT2D eigenvalue weighted by molar-refractivity contribution is 7.99. The van der Waals surface area contributed by atoms with Crippen LogP contribution in [0.2, 0.25) is 0 Å². The molecule has 2 N–H and O–H groups in total. The minimum absolute atomic E-state index is 0.00486. The lowest BCUT2D eigenvalue weighted by Crippen LogP contribution is -2.38. The number of nitrogens with zero attached hydrogens (tertiary/aromatic N) is 2. The number of hydrogen-bond donors (Lipinski definition) is 2. The van der Waals surface area contributed by atoms with Gasteiger partial charge in [0.25, 0.3) is 5.91 Å². The van der Waals surface area contributed by atoms with Crippen molar-refractivity contribution >= 4 is 17.7 Å². The fourth-order valence-electron chi connectivity index (χ4n) is 5.60. The fraction of sp³-hybridized carbons (Fsp3) is 0.243. The average molecular weight is 620 g/mol. The molecule has 1 aromatic heterocycles. The van der Waals surface area contributed by atoms with Gasteiger partial charge in [0, 0.05) is 48.8 Å². The lowest BCUT2D eigenvalue weighted by atomic mass is 9.91. The van der Waals surface area contributed by atoms with Crippen LogP contribution in [0.5, 0.6) is 0 Å². The van der Waals surface area contributed by atoms with E-state index in [4.69, 9.17) is 9.47 Å². The first kappa shape index (κ1) is 30.8. The van der Waals surface area contributed by atoms with Crippen molar-refractivity contribution in [1.82, 2.24) is 14.9 Å². The first-order chi connectivity index (χ1) is 22.0. The molecule has 2 heterocycles. The van der Waals surface area contributed by atoms with Crippen LogP contribution < -0.4 is 5.32 Å². The molecule has 1 aliphatic heterocycles. The number of thioether (sulfide) groups is 1. The summed E-state index contributed by atoms with van der Waals surface area (Å²) in [5.41, 5.74) is 6.64. The minimum Gasteiger partial charge on any atom is -0.392 e. The Labute approximate surface area is 268 Å². The Morgan fingerprint density at radius 3 is 2.33 bits per heavy atom. The molecule has 0 unspecified atom stereocenters. The number of aliphatic hydroxyl groups excluding tert-OH is 1. The third kappa shape index (κ3) is 7.21. The van der Waals surface area contributed by atoms with Crippen LogP contribution in [0, 0.1) is 5.92 Å². The molecule has 1 aliphatic rings. The molecule has 1 amide bonds. The van der Waals surface area contributed by atoms with Crippen LogP contribution in [0.15, 0.2) is 121 Å². The van der Waals surface area contributed by atoms with Crippen LogP contribution in [0.25, 0.3) is 11.1 Å². The SMILES string of the molecule is C[C@@H]1[C@H](CSc2nccn2C)O[C@H](c2ccc(-c3ccccc3CNC(=O)c3ccccc3)cc2)O[C@@H]1c1ccc(CO)cc1. The highest BCUT2D eigenvalue weighted by Gasteiger charge is 2.38. The van der Waals surface area contributed by atoms with Crippen molar-refractivity contribution in [2.45, 2.75) is 43.7 Å². The molecule has 45 heavy (non-hydrogen) atoms. The number of rotatable bonds is 10. The summed E-state index contributed by atoms with van der Waals surface area (Å²) in [5, 5.41) is 13.5. The molecule has 6 rings (SSSR count). The van der Waals surface area contributed by atoms with Gasteiger partial charge in [-0.1, -0.05) is 110 Å². The first-order valence-corrected chi connectivity index (χ1v) is 16.1. The first-order valence-electron chi connectivity index (χ1n) is 15.1. The van der Waals surface area contributed by atoms with E-state index in [2.05, 4.69) is 47.6 Å². The van der Waals surface area contributed by atoms with Crippen molar-refractivity contribution in [1.29, 1.82) is 0 Å². The maximum atomic E-state index is 12.7. The Morgan fingerprint density at radius 1 is 0.911 bits per heavy atom. The van der Waals surface area contributed by atoms with E-state index in [1.807, 2.05) is 96.8 Å². The molecule has 0 aliphatic carbocycles. The topological polar surface area (TPSA) is 85.6 Å². The van der Waals surface area contributed by atoms with Crippen molar-refractivity contribution in [2.75, 3.05) is 5.75 Å². The number of nitrogens with one attached hydrogen (secondary N) is 1. The van der Waals surface area contributed by atoms with Gasteiger partial charge >= 0.3 is 0 Å². The van der Waals surface area contributed by atoms with Gasteiger partial charge in [-0.2, -0.15) is 0 Å².